The van der Waals surface area contributed by atoms with E-state index in [1.54, 1.807) is 17.0 Å². The predicted molar refractivity (Wildman–Crippen MR) is 103 cm³/mol. The van der Waals surface area contributed by atoms with Gasteiger partial charge in [0.2, 0.25) is 11.8 Å². The molecular formula is C21H24FN3O2. The molecule has 0 saturated carbocycles. The van der Waals surface area contributed by atoms with E-state index in [9.17, 15) is 14.0 Å². The molecule has 0 atom stereocenters. The summed E-state index contributed by atoms with van der Waals surface area (Å²) < 4.78 is 13.0. The SMILES string of the molecule is CC(=O)N(CC(=O)N1CCN(c2ccccc2)CC1)Cc1ccc(F)cc1. The number of rotatable bonds is 5. The van der Waals surface area contributed by atoms with Gasteiger partial charge >= 0.3 is 0 Å². The number of halogens is 1. The van der Waals surface area contributed by atoms with Crippen molar-refractivity contribution in [1.29, 1.82) is 0 Å². The highest BCUT2D eigenvalue weighted by molar-refractivity contribution is 5.84. The van der Waals surface area contributed by atoms with Gasteiger partial charge in [0.15, 0.2) is 0 Å². The molecule has 2 aromatic carbocycles. The Morgan fingerprint density at radius 2 is 1.59 bits per heavy atom. The first kappa shape index (κ1) is 18.9. The first-order valence-electron chi connectivity index (χ1n) is 9.10. The van der Waals surface area contributed by atoms with Gasteiger partial charge in [-0.05, 0) is 29.8 Å². The Bertz CT molecular complexity index is 772. The highest BCUT2D eigenvalue weighted by Gasteiger charge is 2.23. The molecule has 0 N–H and O–H groups in total. The molecule has 0 spiro atoms. The molecule has 2 aromatic rings. The number of benzene rings is 2. The molecule has 0 radical (unpaired) electrons. The van der Waals surface area contributed by atoms with Gasteiger partial charge in [-0.25, -0.2) is 4.39 Å². The zero-order chi connectivity index (χ0) is 19.2. The molecule has 6 heteroatoms. The lowest BCUT2D eigenvalue weighted by Crippen LogP contribution is -2.51. The molecule has 1 saturated heterocycles. The minimum absolute atomic E-state index is 0.0397. The van der Waals surface area contributed by atoms with Crippen molar-refractivity contribution in [3.05, 3.63) is 66.0 Å². The zero-order valence-electron chi connectivity index (χ0n) is 15.5. The van der Waals surface area contributed by atoms with Crippen LogP contribution in [0.25, 0.3) is 0 Å². The van der Waals surface area contributed by atoms with E-state index in [1.807, 2.05) is 18.2 Å². The summed E-state index contributed by atoms with van der Waals surface area (Å²) in [6.45, 7) is 4.60. The number of para-hydroxylation sites is 1. The van der Waals surface area contributed by atoms with Crippen LogP contribution in [0, 0.1) is 5.82 Å². The van der Waals surface area contributed by atoms with E-state index in [0.29, 0.717) is 19.6 Å². The smallest absolute Gasteiger partial charge is 0.242 e. The summed E-state index contributed by atoms with van der Waals surface area (Å²) >= 11 is 0. The Hall–Kier alpha value is -2.89. The fourth-order valence-corrected chi connectivity index (χ4v) is 3.20. The summed E-state index contributed by atoms with van der Waals surface area (Å²) in [4.78, 5) is 30.2. The second-order valence-corrected chi connectivity index (χ2v) is 6.70. The summed E-state index contributed by atoms with van der Waals surface area (Å²) in [6, 6.07) is 16.1. The van der Waals surface area contributed by atoms with E-state index < -0.39 is 0 Å². The van der Waals surface area contributed by atoms with Gasteiger partial charge in [-0.15, -0.1) is 0 Å². The highest BCUT2D eigenvalue weighted by Crippen LogP contribution is 2.16. The van der Waals surface area contributed by atoms with Gasteiger partial charge < -0.3 is 14.7 Å². The monoisotopic (exact) mass is 369 g/mol. The number of amides is 2. The minimum atomic E-state index is -0.319. The molecule has 1 fully saturated rings. The fourth-order valence-electron chi connectivity index (χ4n) is 3.20. The minimum Gasteiger partial charge on any atom is -0.368 e. The maximum atomic E-state index is 13.0. The van der Waals surface area contributed by atoms with Gasteiger partial charge in [0.1, 0.15) is 12.4 Å². The molecule has 2 amide bonds. The van der Waals surface area contributed by atoms with Crippen LogP contribution in [-0.4, -0.2) is 54.3 Å². The molecule has 0 aromatic heterocycles. The molecule has 1 aliphatic heterocycles. The van der Waals surface area contributed by atoms with Crippen LogP contribution in [0.1, 0.15) is 12.5 Å². The van der Waals surface area contributed by atoms with Crippen LogP contribution in [0.4, 0.5) is 10.1 Å². The first-order valence-corrected chi connectivity index (χ1v) is 9.10. The van der Waals surface area contributed by atoms with Gasteiger partial charge in [0.05, 0.1) is 0 Å². The maximum Gasteiger partial charge on any atom is 0.242 e. The Kier molecular flexibility index (Phi) is 6.06. The van der Waals surface area contributed by atoms with Crippen molar-refractivity contribution >= 4 is 17.5 Å². The van der Waals surface area contributed by atoms with Crippen LogP contribution in [0.3, 0.4) is 0 Å². The van der Waals surface area contributed by atoms with Crippen LogP contribution in [-0.2, 0) is 16.1 Å². The van der Waals surface area contributed by atoms with Gasteiger partial charge in [0.25, 0.3) is 0 Å². The second kappa shape index (κ2) is 8.66. The topological polar surface area (TPSA) is 43.9 Å². The van der Waals surface area contributed by atoms with Crippen LogP contribution < -0.4 is 4.90 Å². The van der Waals surface area contributed by atoms with Gasteiger partial charge in [-0.3, -0.25) is 9.59 Å². The van der Waals surface area contributed by atoms with Crippen LogP contribution in [0.5, 0.6) is 0 Å². The second-order valence-electron chi connectivity index (χ2n) is 6.70. The maximum absolute atomic E-state index is 13.0. The van der Waals surface area contributed by atoms with Crippen LogP contribution in [0.15, 0.2) is 54.6 Å². The summed E-state index contributed by atoms with van der Waals surface area (Å²) in [5, 5.41) is 0. The number of hydrogen-bond donors (Lipinski definition) is 0. The largest absolute Gasteiger partial charge is 0.368 e. The summed E-state index contributed by atoms with van der Waals surface area (Å²) in [5.74, 6) is -0.545. The van der Waals surface area contributed by atoms with Gasteiger partial charge in [-0.2, -0.15) is 0 Å². The van der Waals surface area contributed by atoms with Crippen molar-refractivity contribution in [3.8, 4) is 0 Å². The standard InChI is InChI=1S/C21H24FN3O2/c1-17(26)25(15-18-7-9-19(22)10-8-18)16-21(27)24-13-11-23(12-14-24)20-5-3-2-4-6-20/h2-10H,11-16H2,1H3. The average molecular weight is 369 g/mol. The molecule has 0 unspecified atom stereocenters. The van der Waals surface area contributed by atoms with E-state index in [2.05, 4.69) is 17.0 Å². The number of piperazine rings is 1. The third-order valence-electron chi connectivity index (χ3n) is 4.81. The Labute approximate surface area is 159 Å². The number of hydrogen-bond acceptors (Lipinski definition) is 3. The van der Waals surface area contributed by atoms with Crippen molar-refractivity contribution in [3.63, 3.8) is 0 Å². The van der Waals surface area contributed by atoms with Gasteiger partial charge in [0, 0.05) is 45.3 Å². The highest BCUT2D eigenvalue weighted by atomic mass is 19.1. The molecule has 3 rings (SSSR count). The molecule has 1 heterocycles. The number of carbonyl (C=O) groups excluding carboxylic acids is 2. The van der Waals surface area contributed by atoms with Crippen molar-refractivity contribution in [2.45, 2.75) is 13.5 Å². The van der Waals surface area contributed by atoms with Crippen LogP contribution >= 0.6 is 0 Å². The fraction of sp³-hybridized carbons (Fsp3) is 0.333. The lowest BCUT2D eigenvalue weighted by molar-refractivity contribution is -0.140. The Balaban J connectivity index is 1.55. The van der Waals surface area contributed by atoms with Crippen molar-refractivity contribution in [1.82, 2.24) is 9.80 Å². The molecular weight excluding hydrogens is 345 g/mol. The third kappa shape index (κ3) is 5.06. The molecule has 142 valence electrons. The average Bonchev–Trinajstić information content (AvgIpc) is 2.69. The lowest BCUT2D eigenvalue weighted by atomic mass is 10.2. The normalized spacial score (nSPS) is 14.1. The predicted octanol–water partition coefficient (Wildman–Crippen LogP) is 2.52. The number of anilines is 1. The van der Waals surface area contributed by atoms with E-state index in [-0.39, 0.29) is 24.2 Å². The first-order chi connectivity index (χ1) is 13.0. The Morgan fingerprint density at radius 3 is 2.19 bits per heavy atom. The van der Waals surface area contributed by atoms with Crippen molar-refractivity contribution < 1.29 is 14.0 Å². The van der Waals surface area contributed by atoms with E-state index in [0.717, 1.165) is 24.3 Å². The summed E-state index contributed by atoms with van der Waals surface area (Å²) in [5.41, 5.74) is 1.96. The van der Waals surface area contributed by atoms with E-state index in [1.165, 1.54) is 24.0 Å². The lowest BCUT2D eigenvalue weighted by Gasteiger charge is -2.37. The molecule has 0 bridgehead atoms. The zero-order valence-corrected chi connectivity index (χ0v) is 15.5. The summed E-state index contributed by atoms with van der Waals surface area (Å²) in [7, 11) is 0. The van der Waals surface area contributed by atoms with Crippen molar-refractivity contribution in [2.24, 2.45) is 0 Å². The third-order valence-corrected chi connectivity index (χ3v) is 4.81. The summed E-state index contributed by atoms with van der Waals surface area (Å²) in [6.07, 6.45) is 0. The van der Waals surface area contributed by atoms with Crippen molar-refractivity contribution in [2.75, 3.05) is 37.6 Å². The van der Waals surface area contributed by atoms with Crippen LogP contribution in [0.2, 0.25) is 0 Å². The molecule has 5 nitrogen and oxygen atoms in total. The number of carbonyl (C=O) groups is 2. The molecule has 0 aliphatic carbocycles. The van der Waals surface area contributed by atoms with E-state index >= 15 is 0 Å². The molecule has 27 heavy (non-hydrogen) atoms. The quantitative estimate of drug-likeness (QED) is 0.814. The van der Waals surface area contributed by atoms with E-state index in [4.69, 9.17) is 0 Å². The molecule has 1 aliphatic rings. The number of nitrogens with zero attached hydrogens (tertiary/aromatic N) is 3. The van der Waals surface area contributed by atoms with Gasteiger partial charge in [-0.1, -0.05) is 30.3 Å². The Morgan fingerprint density at radius 1 is 0.963 bits per heavy atom.